The van der Waals surface area contributed by atoms with Gasteiger partial charge in [-0.2, -0.15) is 5.10 Å². The van der Waals surface area contributed by atoms with E-state index < -0.39 is 5.54 Å². The lowest BCUT2D eigenvalue weighted by molar-refractivity contribution is -0.141. The normalized spacial score (nSPS) is 18.9. The summed E-state index contributed by atoms with van der Waals surface area (Å²) in [7, 11) is 0. The molecule has 1 unspecified atom stereocenters. The van der Waals surface area contributed by atoms with Gasteiger partial charge in [0.05, 0.1) is 0 Å². The van der Waals surface area contributed by atoms with Crippen molar-refractivity contribution in [3.63, 3.8) is 0 Å². The SMILES string of the molecule is Cc1nccc(C2CCCN(C(=O)C(C)(C)n3cncn3)C2)n1. The van der Waals surface area contributed by atoms with Gasteiger partial charge in [0, 0.05) is 30.9 Å². The molecule has 7 nitrogen and oxygen atoms in total. The van der Waals surface area contributed by atoms with Crippen LogP contribution in [-0.4, -0.2) is 48.6 Å². The van der Waals surface area contributed by atoms with Crippen LogP contribution in [0.25, 0.3) is 0 Å². The lowest BCUT2D eigenvalue weighted by atomic mass is 9.92. The van der Waals surface area contributed by atoms with E-state index in [1.807, 2.05) is 31.7 Å². The first-order valence-electron chi connectivity index (χ1n) is 7.92. The van der Waals surface area contributed by atoms with Crippen LogP contribution in [0.15, 0.2) is 24.9 Å². The summed E-state index contributed by atoms with van der Waals surface area (Å²) in [5.74, 6) is 1.10. The van der Waals surface area contributed by atoms with Gasteiger partial charge in [-0.25, -0.2) is 19.6 Å². The van der Waals surface area contributed by atoms with E-state index in [9.17, 15) is 4.79 Å². The molecule has 2 aromatic rings. The number of hydrogen-bond donors (Lipinski definition) is 0. The standard InChI is InChI=1S/C16H22N6O/c1-12-18-7-6-14(20-12)13-5-4-8-21(9-13)15(23)16(2,3)22-11-17-10-19-22/h6-7,10-11,13H,4-5,8-9H2,1-3H3. The van der Waals surface area contributed by atoms with Gasteiger partial charge in [0.1, 0.15) is 24.0 Å². The molecule has 1 atom stereocenters. The molecule has 0 aliphatic carbocycles. The Morgan fingerprint density at radius 3 is 2.91 bits per heavy atom. The highest BCUT2D eigenvalue weighted by Crippen LogP contribution is 2.28. The molecule has 0 saturated carbocycles. The maximum absolute atomic E-state index is 13.0. The maximum atomic E-state index is 13.0. The third-order valence-corrected chi connectivity index (χ3v) is 4.44. The molecule has 0 spiro atoms. The molecule has 122 valence electrons. The van der Waals surface area contributed by atoms with Crippen molar-refractivity contribution < 1.29 is 4.79 Å². The molecule has 2 aromatic heterocycles. The van der Waals surface area contributed by atoms with Crippen LogP contribution in [0.1, 0.15) is 44.1 Å². The molecular weight excluding hydrogens is 292 g/mol. The summed E-state index contributed by atoms with van der Waals surface area (Å²) in [6, 6.07) is 1.95. The summed E-state index contributed by atoms with van der Waals surface area (Å²) in [6.45, 7) is 7.11. The van der Waals surface area contributed by atoms with Crippen molar-refractivity contribution in [1.82, 2.24) is 29.6 Å². The number of carbonyl (C=O) groups excluding carboxylic acids is 1. The Hall–Kier alpha value is -2.31. The molecule has 23 heavy (non-hydrogen) atoms. The first-order chi connectivity index (χ1) is 11.0. The number of piperidine rings is 1. The van der Waals surface area contributed by atoms with E-state index in [0.717, 1.165) is 30.9 Å². The minimum atomic E-state index is -0.736. The number of hydrogen-bond acceptors (Lipinski definition) is 5. The molecule has 1 fully saturated rings. The highest BCUT2D eigenvalue weighted by molar-refractivity contribution is 5.83. The zero-order valence-corrected chi connectivity index (χ0v) is 13.8. The van der Waals surface area contributed by atoms with Crippen LogP contribution in [0.4, 0.5) is 0 Å². The largest absolute Gasteiger partial charge is 0.340 e. The number of rotatable bonds is 3. The molecule has 3 rings (SSSR count). The van der Waals surface area contributed by atoms with E-state index in [-0.39, 0.29) is 11.8 Å². The highest BCUT2D eigenvalue weighted by Gasteiger charge is 2.37. The smallest absolute Gasteiger partial charge is 0.250 e. The van der Waals surface area contributed by atoms with Gasteiger partial charge in [-0.1, -0.05) is 0 Å². The van der Waals surface area contributed by atoms with Crippen molar-refractivity contribution in [1.29, 1.82) is 0 Å². The Balaban J connectivity index is 1.77. The molecule has 0 bridgehead atoms. The van der Waals surface area contributed by atoms with Gasteiger partial charge >= 0.3 is 0 Å². The Bertz CT molecular complexity index is 682. The second kappa shape index (κ2) is 6.06. The predicted molar refractivity (Wildman–Crippen MR) is 84.7 cm³/mol. The van der Waals surface area contributed by atoms with E-state index in [2.05, 4.69) is 20.1 Å². The number of aryl methyl sites for hydroxylation is 1. The molecule has 7 heteroatoms. The molecule has 0 aromatic carbocycles. The Labute approximate surface area is 135 Å². The zero-order chi connectivity index (χ0) is 16.4. The van der Waals surface area contributed by atoms with Gasteiger partial charge in [-0.15, -0.1) is 0 Å². The number of carbonyl (C=O) groups is 1. The van der Waals surface area contributed by atoms with Crippen LogP contribution in [0.5, 0.6) is 0 Å². The van der Waals surface area contributed by atoms with Crippen molar-refractivity contribution in [2.24, 2.45) is 0 Å². The molecule has 3 heterocycles. The highest BCUT2D eigenvalue weighted by atomic mass is 16.2. The lowest BCUT2D eigenvalue weighted by Crippen LogP contribution is -2.50. The lowest BCUT2D eigenvalue weighted by Gasteiger charge is -2.37. The summed E-state index contributed by atoms with van der Waals surface area (Å²) < 4.78 is 1.62. The average molecular weight is 314 g/mol. The Morgan fingerprint density at radius 1 is 1.39 bits per heavy atom. The fourth-order valence-electron chi connectivity index (χ4n) is 3.09. The number of likely N-dealkylation sites (tertiary alicyclic amines) is 1. The molecule has 1 aliphatic rings. The van der Waals surface area contributed by atoms with Crippen LogP contribution in [0.3, 0.4) is 0 Å². The van der Waals surface area contributed by atoms with Gasteiger partial charge in [0.25, 0.3) is 0 Å². The topological polar surface area (TPSA) is 76.8 Å². The third kappa shape index (κ3) is 3.09. The predicted octanol–water partition coefficient (Wildman–Crippen LogP) is 1.52. The Morgan fingerprint density at radius 2 is 2.22 bits per heavy atom. The van der Waals surface area contributed by atoms with E-state index >= 15 is 0 Å². The number of aromatic nitrogens is 5. The molecule has 1 aliphatic heterocycles. The van der Waals surface area contributed by atoms with E-state index in [1.54, 1.807) is 17.2 Å². The fraction of sp³-hybridized carbons (Fsp3) is 0.562. The van der Waals surface area contributed by atoms with Crippen molar-refractivity contribution in [2.45, 2.75) is 45.1 Å². The van der Waals surface area contributed by atoms with Gasteiger partial charge < -0.3 is 4.90 Å². The molecule has 1 saturated heterocycles. The van der Waals surface area contributed by atoms with E-state index in [1.165, 1.54) is 6.33 Å². The van der Waals surface area contributed by atoms with Gasteiger partial charge in [-0.3, -0.25) is 4.79 Å². The van der Waals surface area contributed by atoms with Crippen LogP contribution in [0, 0.1) is 6.92 Å². The third-order valence-electron chi connectivity index (χ3n) is 4.44. The van der Waals surface area contributed by atoms with Crippen LogP contribution in [0.2, 0.25) is 0 Å². The van der Waals surface area contributed by atoms with Crippen molar-refractivity contribution in [3.05, 3.63) is 36.4 Å². The first-order valence-corrected chi connectivity index (χ1v) is 7.92. The fourth-order valence-corrected chi connectivity index (χ4v) is 3.09. The Kier molecular flexibility index (Phi) is 4.11. The zero-order valence-electron chi connectivity index (χ0n) is 13.8. The first kappa shape index (κ1) is 15.6. The van der Waals surface area contributed by atoms with Gasteiger partial charge in [-0.05, 0) is 39.7 Å². The van der Waals surface area contributed by atoms with Crippen LogP contribution in [-0.2, 0) is 10.3 Å². The van der Waals surface area contributed by atoms with Crippen molar-refractivity contribution in [2.75, 3.05) is 13.1 Å². The molecule has 0 N–H and O–H groups in total. The average Bonchev–Trinajstić information content (AvgIpc) is 3.09. The second-order valence-electron chi connectivity index (χ2n) is 6.52. The minimum Gasteiger partial charge on any atom is -0.340 e. The summed E-state index contributed by atoms with van der Waals surface area (Å²) in [5, 5.41) is 4.13. The molecule has 0 radical (unpaired) electrons. The van der Waals surface area contributed by atoms with Gasteiger partial charge in [0.2, 0.25) is 5.91 Å². The summed E-state index contributed by atoms with van der Waals surface area (Å²) in [4.78, 5) is 27.5. The van der Waals surface area contributed by atoms with Crippen molar-refractivity contribution >= 4 is 5.91 Å². The number of amides is 1. The van der Waals surface area contributed by atoms with E-state index in [0.29, 0.717) is 6.54 Å². The number of nitrogens with zero attached hydrogens (tertiary/aromatic N) is 6. The maximum Gasteiger partial charge on any atom is 0.250 e. The molecular formula is C16H22N6O. The summed E-state index contributed by atoms with van der Waals surface area (Å²) in [5.41, 5.74) is 0.286. The van der Waals surface area contributed by atoms with Crippen LogP contribution >= 0.6 is 0 Å². The summed E-state index contributed by atoms with van der Waals surface area (Å²) in [6.07, 6.45) is 6.86. The quantitative estimate of drug-likeness (QED) is 0.858. The minimum absolute atomic E-state index is 0.0680. The van der Waals surface area contributed by atoms with E-state index in [4.69, 9.17) is 0 Å². The molecule has 1 amide bonds. The van der Waals surface area contributed by atoms with Crippen LogP contribution < -0.4 is 0 Å². The second-order valence-corrected chi connectivity index (χ2v) is 6.52. The summed E-state index contributed by atoms with van der Waals surface area (Å²) >= 11 is 0. The van der Waals surface area contributed by atoms with Crippen molar-refractivity contribution in [3.8, 4) is 0 Å². The monoisotopic (exact) mass is 314 g/mol. The van der Waals surface area contributed by atoms with Gasteiger partial charge in [0.15, 0.2) is 0 Å².